The number of amides is 1. The molecular weight excluding hydrogens is 309 g/mol. The highest BCUT2D eigenvalue weighted by atomic mass is 32.2. The van der Waals surface area contributed by atoms with Crippen LogP contribution in [0.5, 0.6) is 0 Å². The fraction of sp³-hybridized carbons (Fsp3) is 0.0714. The van der Waals surface area contributed by atoms with Gasteiger partial charge >= 0.3 is 0 Å². The smallest absolute Gasteiger partial charge is 0.267 e. The summed E-state index contributed by atoms with van der Waals surface area (Å²) in [7, 11) is -3.95. The van der Waals surface area contributed by atoms with Gasteiger partial charge in [0, 0.05) is 0 Å². The predicted octanol–water partition coefficient (Wildman–Crippen LogP) is 1.54. The van der Waals surface area contributed by atoms with E-state index in [0.29, 0.717) is 0 Å². The molecule has 4 N–H and O–H groups in total. The number of carbonyl (C=O) groups excluding carboxylic acids is 1. The van der Waals surface area contributed by atoms with Crippen LogP contribution in [-0.4, -0.2) is 14.3 Å². The summed E-state index contributed by atoms with van der Waals surface area (Å²) in [6, 6.07) is 9.19. The van der Waals surface area contributed by atoms with Crippen molar-refractivity contribution >= 4 is 21.6 Å². The fourth-order valence-corrected chi connectivity index (χ4v) is 2.87. The van der Waals surface area contributed by atoms with Crippen molar-refractivity contribution in [3.05, 3.63) is 59.4 Å². The Morgan fingerprint density at radius 3 is 2.36 bits per heavy atom. The van der Waals surface area contributed by atoms with Crippen LogP contribution in [0.4, 0.5) is 10.1 Å². The average molecular weight is 323 g/mol. The van der Waals surface area contributed by atoms with E-state index in [0.717, 1.165) is 23.8 Å². The van der Waals surface area contributed by atoms with Gasteiger partial charge in [0.15, 0.2) is 0 Å². The molecule has 8 heteroatoms. The third kappa shape index (κ3) is 3.41. The summed E-state index contributed by atoms with van der Waals surface area (Å²) in [5, 5.41) is 0. The lowest BCUT2D eigenvalue weighted by molar-refractivity contribution is 0.0954. The zero-order valence-corrected chi connectivity index (χ0v) is 12.4. The van der Waals surface area contributed by atoms with E-state index in [-0.39, 0.29) is 16.1 Å². The van der Waals surface area contributed by atoms with Gasteiger partial charge in [0.25, 0.3) is 15.9 Å². The van der Waals surface area contributed by atoms with Gasteiger partial charge in [-0.1, -0.05) is 17.7 Å². The SMILES string of the molecule is Cc1ccc(S(=O)(=O)Nc2cc(F)ccc2C(=O)NN)cc1. The minimum Gasteiger partial charge on any atom is -0.290 e. The number of sulfonamides is 1. The summed E-state index contributed by atoms with van der Waals surface area (Å²) in [5.74, 6) is 3.61. The van der Waals surface area contributed by atoms with E-state index < -0.39 is 21.7 Å². The normalized spacial score (nSPS) is 11.0. The second-order valence-corrected chi connectivity index (χ2v) is 6.26. The molecule has 2 rings (SSSR count). The molecule has 0 aliphatic rings. The number of anilines is 1. The second kappa shape index (κ2) is 6.12. The van der Waals surface area contributed by atoms with Gasteiger partial charge in [-0.05, 0) is 37.3 Å². The maximum atomic E-state index is 13.3. The van der Waals surface area contributed by atoms with Crippen LogP contribution in [0.25, 0.3) is 0 Å². The lowest BCUT2D eigenvalue weighted by Gasteiger charge is -2.12. The maximum absolute atomic E-state index is 13.3. The van der Waals surface area contributed by atoms with Crippen LogP contribution in [-0.2, 0) is 10.0 Å². The molecule has 0 aromatic heterocycles. The minimum atomic E-state index is -3.95. The molecule has 0 spiro atoms. The molecule has 0 aliphatic heterocycles. The van der Waals surface area contributed by atoms with Gasteiger partial charge in [0.1, 0.15) is 5.82 Å². The van der Waals surface area contributed by atoms with Gasteiger partial charge < -0.3 is 0 Å². The molecule has 0 radical (unpaired) electrons. The fourth-order valence-electron chi connectivity index (χ4n) is 1.80. The van der Waals surface area contributed by atoms with Crippen molar-refractivity contribution in [3.63, 3.8) is 0 Å². The Kier molecular flexibility index (Phi) is 4.43. The van der Waals surface area contributed by atoms with E-state index in [1.54, 1.807) is 12.1 Å². The number of hydrogen-bond acceptors (Lipinski definition) is 4. The zero-order chi connectivity index (χ0) is 16.3. The molecule has 0 heterocycles. The first-order valence-electron chi connectivity index (χ1n) is 6.23. The lowest BCUT2D eigenvalue weighted by Crippen LogP contribution is -2.31. The molecule has 1 amide bonds. The number of nitrogens with one attached hydrogen (secondary N) is 2. The highest BCUT2D eigenvalue weighted by Gasteiger charge is 2.19. The van der Waals surface area contributed by atoms with Crippen LogP contribution >= 0.6 is 0 Å². The zero-order valence-electron chi connectivity index (χ0n) is 11.6. The Bertz CT molecular complexity index is 805. The highest BCUT2D eigenvalue weighted by molar-refractivity contribution is 7.92. The van der Waals surface area contributed by atoms with E-state index in [2.05, 4.69) is 4.72 Å². The van der Waals surface area contributed by atoms with Crippen LogP contribution in [0, 0.1) is 12.7 Å². The van der Waals surface area contributed by atoms with Crippen molar-refractivity contribution in [2.24, 2.45) is 5.84 Å². The molecule has 0 atom stereocenters. The van der Waals surface area contributed by atoms with Gasteiger partial charge in [-0.3, -0.25) is 14.9 Å². The highest BCUT2D eigenvalue weighted by Crippen LogP contribution is 2.21. The summed E-state index contributed by atoms with van der Waals surface area (Å²) in [6.45, 7) is 1.82. The maximum Gasteiger partial charge on any atom is 0.267 e. The van der Waals surface area contributed by atoms with Gasteiger partial charge in [0.2, 0.25) is 0 Å². The minimum absolute atomic E-state index is 0.00136. The van der Waals surface area contributed by atoms with Crippen molar-refractivity contribution < 1.29 is 17.6 Å². The number of nitrogens with two attached hydrogens (primary N) is 1. The predicted molar refractivity (Wildman–Crippen MR) is 80.0 cm³/mol. The van der Waals surface area contributed by atoms with Crippen LogP contribution in [0.1, 0.15) is 15.9 Å². The number of hydrazine groups is 1. The third-order valence-electron chi connectivity index (χ3n) is 2.93. The Labute approximate surface area is 127 Å². The number of benzene rings is 2. The molecule has 0 bridgehead atoms. The number of rotatable bonds is 4. The van der Waals surface area contributed by atoms with Crippen LogP contribution in [0.3, 0.4) is 0 Å². The summed E-state index contributed by atoms with van der Waals surface area (Å²) in [6.07, 6.45) is 0. The van der Waals surface area contributed by atoms with Crippen molar-refractivity contribution in [2.75, 3.05) is 4.72 Å². The van der Waals surface area contributed by atoms with Gasteiger partial charge in [-0.25, -0.2) is 18.7 Å². The first-order valence-corrected chi connectivity index (χ1v) is 7.72. The van der Waals surface area contributed by atoms with E-state index in [1.165, 1.54) is 12.1 Å². The quantitative estimate of drug-likeness (QED) is 0.451. The third-order valence-corrected chi connectivity index (χ3v) is 4.31. The van der Waals surface area contributed by atoms with Crippen LogP contribution < -0.4 is 16.0 Å². The number of carbonyl (C=O) groups is 1. The van der Waals surface area contributed by atoms with Gasteiger partial charge in [0.05, 0.1) is 16.1 Å². The molecule has 6 nitrogen and oxygen atoms in total. The van der Waals surface area contributed by atoms with Gasteiger partial charge in [-0.15, -0.1) is 0 Å². The molecule has 0 fully saturated rings. The Balaban J connectivity index is 2.43. The molecule has 2 aromatic rings. The second-order valence-electron chi connectivity index (χ2n) is 4.58. The molecule has 2 aromatic carbocycles. The molecule has 0 saturated carbocycles. The standard InChI is InChI=1S/C14H14FN3O3S/c1-9-2-5-11(6-3-9)22(20,21)18-13-8-10(15)4-7-12(13)14(19)17-16/h2-8,18H,16H2,1H3,(H,17,19). The number of nitrogen functional groups attached to an aromatic ring is 1. The first-order chi connectivity index (χ1) is 10.3. The van der Waals surface area contributed by atoms with E-state index >= 15 is 0 Å². The molecule has 0 saturated heterocycles. The Morgan fingerprint density at radius 1 is 1.14 bits per heavy atom. The Morgan fingerprint density at radius 2 is 1.77 bits per heavy atom. The number of halogens is 1. The lowest BCUT2D eigenvalue weighted by atomic mass is 10.1. The topological polar surface area (TPSA) is 101 Å². The largest absolute Gasteiger partial charge is 0.290 e. The van der Waals surface area contributed by atoms with Crippen molar-refractivity contribution in [1.29, 1.82) is 0 Å². The summed E-state index contributed by atoms with van der Waals surface area (Å²) < 4.78 is 40.1. The van der Waals surface area contributed by atoms with Crippen molar-refractivity contribution in [3.8, 4) is 0 Å². The first kappa shape index (κ1) is 15.9. The molecule has 116 valence electrons. The van der Waals surface area contributed by atoms with Crippen molar-refractivity contribution in [1.82, 2.24) is 5.43 Å². The summed E-state index contributed by atoms with van der Waals surface area (Å²) in [5.41, 5.74) is 2.50. The molecule has 22 heavy (non-hydrogen) atoms. The summed E-state index contributed by atoms with van der Waals surface area (Å²) >= 11 is 0. The van der Waals surface area contributed by atoms with Crippen LogP contribution in [0.15, 0.2) is 47.4 Å². The van der Waals surface area contributed by atoms with E-state index in [1.807, 2.05) is 12.3 Å². The molecule has 0 aliphatic carbocycles. The molecule has 0 unspecified atom stereocenters. The molecular formula is C14H14FN3O3S. The number of hydrogen-bond donors (Lipinski definition) is 3. The van der Waals surface area contributed by atoms with Gasteiger partial charge in [-0.2, -0.15) is 0 Å². The van der Waals surface area contributed by atoms with E-state index in [9.17, 15) is 17.6 Å². The number of aryl methyl sites for hydroxylation is 1. The Hall–Kier alpha value is -2.45. The summed E-state index contributed by atoms with van der Waals surface area (Å²) in [4.78, 5) is 11.6. The monoisotopic (exact) mass is 323 g/mol. The van der Waals surface area contributed by atoms with Crippen molar-refractivity contribution in [2.45, 2.75) is 11.8 Å². The average Bonchev–Trinajstić information content (AvgIpc) is 2.46. The van der Waals surface area contributed by atoms with Crippen LogP contribution in [0.2, 0.25) is 0 Å². The van der Waals surface area contributed by atoms with E-state index in [4.69, 9.17) is 5.84 Å².